The minimum Gasteiger partial charge on any atom is -0.398 e. The Labute approximate surface area is 130 Å². The molecule has 2 fully saturated rings. The van der Waals surface area contributed by atoms with Crippen LogP contribution in [-0.4, -0.2) is 6.10 Å². The Bertz CT molecular complexity index is 528. The average Bonchev–Trinajstić information content (AvgIpc) is 2.70. The fourth-order valence-electron chi connectivity index (χ4n) is 4.27. The van der Waals surface area contributed by atoms with Crippen LogP contribution < -0.4 is 5.73 Å². The van der Waals surface area contributed by atoms with Gasteiger partial charge in [-0.1, -0.05) is 42.8 Å². The van der Waals surface area contributed by atoms with Gasteiger partial charge in [0.2, 0.25) is 0 Å². The van der Waals surface area contributed by atoms with Crippen LogP contribution in [0.15, 0.2) is 22.7 Å². The van der Waals surface area contributed by atoms with E-state index in [9.17, 15) is 0 Å². The van der Waals surface area contributed by atoms with Gasteiger partial charge in [0.25, 0.3) is 0 Å². The van der Waals surface area contributed by atoms with Crippen LogP contribution in [0.25, 0.3) is 0 Å². The number of ether oxygens (including phenoxy) is 1. The van der Waals surface area contributed by atoms with E-state index in [-0.39, 0.29) is 0 Å². The van der Waals surface area contributed by atoms with Gasteiger partial charge in [0.1, 0.15) is 0 Å². The van der Waals surface area contributed by atoms with Gasteiger partial charge in [-0.15, -0.1) is 0 Å². The van der Waals surface area contributed by atoms with Crippen LogP contribution in [-0.2, 0) is 11.3 Å². The Balaban J connectivity index is 1.71. The molecular formula is C17H24BrNO. The number of hydrogen-bond acceptors (Lipinski definition) is 2. The van der Waals surface area contributed by atoms with Crippen molar-refractivity contribution in [3.63, 3.8) is 0 Å². The molecule has 0 heterocycles. The van der Waals surface area contributed by atoms with E-state index in [1.807, 2.05) is 12.1 Å². The van der Waals surface area contributed by atoms with E-state index in [4.69, 9.17) is 10.5 Å². The van der Waals surface area contributed by atoms with E-state index in [0.29, 0.717) is 23.5 Å². The lowest BCUT2D eigenvalue weighted by molar-refractivity contribution is -0.0548. The Morgan fingerprint density at radius 1 is 1.35 bits per heavy atom. The number of rotatable bonds is 3. The molecular weight excluding hydrogens is 314 g/mol. The smallest absolute Gasteiger partial charge is 0.0740 e. The fraction of sp³-hybridized carbons (Fsp3) is 0.647. The van der Waals surface area contributed by atoms with Crippen LogP contribution in [0.1, 0.15) is 45.6 Å². The van der Waals surface area contributed by atoms with Gasteiger partial charge < -0.3 is 10.5 Å². The van der Waals surface area contributed by atoms with E-state index in [1.54, 1.807) is 0 Å². The van der Waals surface area contributed by atoms with Crippen LogP contribution in [0.4, 0.5) is 5.69 Å². The molecule has 0 spiro atoms. The van der Waals surface area contributed by atoms with Gasteiger partial charge in [0.15, 0.2) is 0 Å². The largest absolute Gasteiger partial charge is 0.398 e. The molecule has 3 unspecified atom stereocenters. The molecule has 2 nitrogen and oxygen atoms in total. The summed E-state index contributed by atoms with van der Waals surface area (Å²) in [5.74, 6) is 0.819. The molecule has 2 N–H and O–H groups in total. The van der Waals surface area contributed by atoms with E-state index < -0.39 is 0 Å². The molecule has 0 aromatic heterocycles. The highest BCUT2D eigenvalue weighted by Crippen LogP contribution is 2.66. The van der Waals surface area contributed by atoms with Crippen molar-refractivity contribution in [1.29, 1.82) is 0 Å². The van der Waals surface area contributed by atoms with E-state index >= 15 is 0 Å². The van der Waals surface area contributed by atoms with Crippen LogP contribution >= 0.6 is 15.9 Å². The molecule has 0 radical (unpaired) electrons. The summed E-state index contributed by atoms with van der Waals surface area (Å²) >= 11 is 3.44. The number of nitrogen functional groups attached to an aromatic ring is 1. The summed E-state index contributed by atoms with van der Waals surface area (Å²) in [4.78, 5) is 0. The zero-order valence-corrected chi connectivity index (χ0v) is 14.2. The molecule has 3 rings (SSSR count). The molecule has 2 saturated carbocycles. The maximum Gasteiger partial charge on any atom is 0.0740 e. The van der Waals surface area contributed by atoms with Crippen LogP contribution in [0.2, 0.25) is 0 Å². The van der Waals surface area contributed by atoms with Crippen molar-refractivity contribution in [2.24, 2.45) is 16.7 Å². The molecule has 20 heavy (non-hydrogen) atoms. The normalized spacial score (nSPS) is 34.6. The quantitative estimate of drug-likeness (QED) is 0.806. The molecule has 2 bridgehead atoms. The second-order valence-corrected chi connectivity index (χ2v) is 8.17. The first-order valence-electron chi connectivity index (χ1n) is 7.50. The summed E-state index contributed by atoms with van der Waals surface area (Å²) < 4.78 is 7.31. The third kappa shape index (κ3) is 2.01. The van der Waals surface area contributed by atoms with E-state index in [1.165, 1.54) is 19.3 Å². The zero-order valence-electron chi connectivity index (χ0n) is 12.6. The highest BCUT2D eigenvalue weighted by Gasteiger charge is 2.61. The molecule has 0 aliphatic heterocycles. The molecule has 2 aliphatic carbocycles. The summed E-state index contributed by atoms with van der Waals surface area (Å²) in [5.41, 5.74) is 8.69. The Morgan fingerprint density at radius 2 is 2.10 bits per heavy atom. The summed E-state index contributed by atoms with van der Waals surface area (Å²) in [6, 6.07) is 6.03. The highest BCUT2D eigenvalue weighted by atomic mass is 79.9. The molecule has 0 saturated heterocycles. The molecule has 3 atom stereocenters. The molecule has 0 amide bonds. The lowest BCUT2D eigenvalue weighted by Gasteiger charge is -2.39. The van der Waals surface area contributed by atoms with Gasteiger partial charge in [-0.25, -0.2) is 0 Å². The fourth-order valence-corrected chi connectivity index (χ4v) is 4.65. The zero-order chi connectivity index (χ0) is 14.5. The summed E-state index contributed by atoms with van der Waals surface area (Å²) in [5, 5.41) is 0. The van der Waals surface area contributed by atoms with Gasteiger partial charge in [0.05, 0.1) is 12.7 Å². The van der Waals surface area contributed by atoms with Crippen LogP contribution in [0, 0.1) is 16.7 Å². The second kappa shape index (κ2) is 4.74. The lowest BCUT2D eigenvalue weighted by atomic mass is 9.70. The Kier molecular flexibility index (Phi) is 3.41. The number of nitrogens with two attached hydrogens (primary N) is 1. The van der Waals surface area contributed by atoms with Crippen molar-refractivity contribution in [1.82, 2.24) is 0 Å². The maximum absolute atomic E-state index is 6.29. The minimum absolute atomic E-state index is 0.321. The second-order valence-electron chi connectivity index (χ2n) is 7.25. The van der Waals surface area contributed by atoms with Crippen molar-refractivity contribution in [2.45, 2.75) is 52.7 Å². The summed E-state index contributed by atoms with van der Waals surface area (Å²) in [7, 11) is 0. The average molecular weight is 338 g/mol. The number of anilines is 1. The molecule has 1 aromatic rings. The van der Waals surface area contributed by atoms with Crippen LogP contribution in [0.5, 0.6) is 0 Å². The first kappa shape index (κ1) is 14.4. The third-order valence-corrected chi connectivity index (χ3v) is 6.76. The molecule has 1 aromatic carbocycles. The SMILES string of the molecule is CC1(C)C2CCC1(C)C(OCc1ccc(Br)cc1N)C2. The predicted molar refractivity (Wildman–Crippen MR) is 86.4 cm³/mol. The molecule has 110 valence electrons. The van der Waals surface area contributed by atoms with Crippen molar-refractivity contribution in [3.05, 3.63) is 28.2 Å². The lowest BCUT2D eigenvalue weighted by Crippen LogP contribution is -2.37. The van der Waals surface area contributed by atoms with Gasteiger partial charge >= 0.3 is 0 Å². The minimum atomic E-state index is 0.321. The Hall–Kier alpha value is -0.540. The molecule has 2 aliphatic rings. The van der Waals surface area contributed by atoms with Gasteiger partial charge in [-0.05, 0) is 48.1 Å². The van der Waals surface area contributed by atoms with Crippen LogP contribution in [0.3, 0.4) is 0 Å². The number of halogens is 1. The van der Waals surface area contributed by atoms with Gasteiger partial charge in [-0.3, -0.25) is 0 Å². The standard InChI is InChI=1S/C17H24BrNO/c1-16(2)12-6-7-17(16,3)15(8-12)20-10-11-4-5-13(18)9-14(11)19/h4-5,9,12,15H,6-8,10,19H2,1-3H3. The Morgan fingerprint density at radius 3 is 2.65 bits per heavy atom. The first-order chi connectivity index (χ1) is 9.34. The van der Waals surface area contributed by atoms with Crippen molar-refractivity contribution < 1.29 is 4.74 Å². The van der Waals surface area contributed by atoms with Gasteiger partial charge in [-0.2, -0.15) is 0 Å². The number of benzene rings is 1. The van der Waals surface area contributed by atoms with Crippen molar-refractivity contribution >= 4 is 21.6 Å². The summed E-state index contributed by atoms with van der Waals surface area (Å²) in [6.45, 7) is 7.88. The van der Waals surface area contributed by atoms with E-state index in [0.717, 1.165) is 21.6 Å². The third-order valence-electron chi connectivity index (χ3n) is 6.26. The summed E-state index contributed by atoms with van der Waals surface area (Å²) in [6.07, 6.45) is 4.24. The van der Waals surface area contributed by atoms with E-state index in [2.05, 4.69) is 42.8 Å². The first-order valence-corrected chi connectivity index (χ1v) is 8.29. The molecule has 3 heteroatoms. The van der Waals surface area contributed by atoms with Gasteiger partial charge in [0, 0.05) is 15.7 Å². The number of fused-ring (bicyclic) bond motifs is 2. The van der Waals surface area contributed by atoms with Crippen molar-refractivity contribution in [2.75, 3.05) is 5.73 Å². The predicted octanol–water partition coefficient (Wildman–Crippen LogP) is 4.76. The highest BCUT2D eigenvalue weighted by molar-refractivity contribution is 9.10. The maximum atomic E-state index is 6.29. The van der Waals surface area contributed by atoms with Crippen molar-refractivity contribution in [3.8, 4) is 0 Å². The number of hydrogen-bond donors (Lipinski definition) is 1. The monoisotopic (exact) mass is 337 g/mol. The topological polar surface area (TPSA) is 35.2 Å².